The van der Waals surface area contributed by atoms with Gasteiger partial charge in [0.25, 0.3) is 0 Å². The molecule has 15 heteroatoms. The Hall–Kier alpha value is -3.82. The van der Waals surface area contributed by atoms with Gasteiger partial charge in [0, 0.05) is 24.2 Å². The molecule has 5 aliphatic carbocycles. The van der Waals surface area contributed by atoms with Crippen molar-refractivity contribution in [1.82, 2.24) is 20.2 Å². The number of aromatic nitrogens is 2. The average molecular weight is 870 g/mol. The van der Waals surface area contributed by atoms with Gasteiger partial charge in [-0.2, -0.15) is 13.8 Å². The van der Waals surface area contributed by atoms with Gasteiger partial charge in [-0.25, -0.2) is 14.4 Å². The number of anilines is 1. The number of aliphatic hydroxyl groups excluding tert-OH is 2. The summed E-state index contributed by atoms with van der Waals surface area (Å²) in [7, 11) is 0. The van der Waals surface area contributed by atoms with Crippen molar-refractivity contribution in [3.05, 3.63) is 58.2 Å². The van der Waals surface area contributed by atoms with E-state index in [4.69, 9.17) is 19.9 Å². The topological polar surface area (TPSA) is 187 Å². The number of carbonyl (C=O) groups is 2. The number of hydrogen-bond acceptors (Lipinski definition) is 10. The number of nitrogens with zero attached hydrogens (tertiary/aromatic N) is 2. The summed E-state index contributed by atoms with van der Waals surface area (Å²) >= 11 is 0. The molecule has 0 spiro atoms. The van der Waals surface area contributed by atoms with Gasteiger partial charge in [-0.3, -0.25) is 4.57 Å². The summed E-state index contributed by atoms with van der Waals surface area (Å²) in [4.78, 5) is 42.2. The zero-order chi connectivity index (χ0) is 44.8. The molecule has 6 fully saturated rings. The molecule has 0 aromatic carbocycles. The molecule has 6 aliphatic rings. The number of nitrogen functional groups attached to an aromatic ring is 1. The highest BCUT2D eigenvalue weighted by Crippen LogP contribution is 2.59. The number of nitrogens with one attached hydrogen (secondary N) is 2. The van der Waals surface area contributed by atoms with E-state index in [1.54, 1.807) is 5.57 Å². The number of halogens is 2. The lowest BCUT2D eigenvalue weighted by molar-refractivity contribution is -0.140. The van der Waals surface area contributed by atoms with E-state index in [-0.39, 0.29) is 34.9 Å². The van der Waals surface area contributed by atoms with Crippen molar-refractivity contribution < 1.29 is 42.8 Å². The second kappa shape index (κ2) is 18.0. The molecule has 5 saturated carbocycles. The molecule has 2 amide bonds. The number of fused-ring (bicyclic) bond motifs is 1. The Bertz CT molecular complexity index is 1970. The van der Waals surface area contributed by atoms with Crippen molar-refractivity contribution in [2.75, 3.05) is 12.3 Å². The van der Waals surface area contributed by atoms with Crippen LogP contribution in [0.25, 0.3) is 0 Å². The summed E-state index contributed by atoms with van der Waals surface area (Å²) in [6.07, 6.45) is 14.0. The molecule has 62 heavy (non-hydrogen) atoms. The first-order chi connectivity index (χ1) is 29.2. The molecule has 13 nitrogen and oxygen atoms in total. The largest absolute Gasteiger partial charge is 0.447 e. The molecular formula is C47H69F2N5O8. The van der Waals surface area contributed by atoms with Crippen molar-refractivity contribution in [2.24, 2.45) is 40.4 Å². The van der Waals surface area contributed by atoms with Crippen molar-refractivity contribution in [3.63, 3.8) is 0 Å². The first-order valence-electron chi connectivity index (χ1n) is 22.9. The Morgan fingerprint density at radius 3 is 2.53 bits per heavy atom. The number of carbonyl (C=O) groups excluding carboxylic acids is 2. The van der Waals surface area contributed by atoms with Crippen LogP contribution in [0.15, 0.2) is 52.5 Å². The minimum Gasteiger partial charge on any atom is -0.447 e. The van der Waals surface area contributed by atoms with Crippen molar-refractivity contribution in [2.45, 2.75) is 173 Å². The summed E-state index contributed by atoms with van der Waals surface area (Å²) in [5.74, 6) is -1.61. The van der Waals surface area contributed by atoms with Crippen LogP contribution in [0.3, 0.4) is 0 Å². The third-order valence-electron chi connectivity index (χ3n) is 15.1. The third-order valence-corrected chi connectivity index (χ3v) is 15.1. The van der Waals surface area contributed by atoms with E-state index in [1.165, 1.54) is 31.3 Å². The molecule has 344 valence electrons. The number of aliphatic hydroxyl groups is 2. The van der Waals surface area contributed by atoms with Crippen molar-refractivity contribution in [1.29, 1.82) is 0 Å². The summed E-state index contributed by atoms with van der Waals surface area (Å²) in [5, 5.41) is 26.8. The maximum Gasteiger partial charge on any atom is 0.407 e. The maximum absolute atomic E-state index is 15.0. The fraction of sp³-hybridized carbons (Fsp3) is 0.745. The Kier molecular flexibility index (Phi) is 13.4. The van der Waals surface area contributed by atoms with Crippen LogP contribution in [0, 0.1) is 40.4 Å². The van der Waals surface area contributed by atoms with Gasteiger partial charge in [0.15, 0.2) is 6.10 Å². The van der Waals surface area contributed by atoms with Crippen molar-refractivity contribution in [3.8, 4) is 0 Å². The summed E-state index contributed by atoms with van der Waals surface area (Å²) in [6.45, 7) is 12.3. The SMILES string of the molecule is CC1CC[C@H](OC(=O)NC2CC(C)(C)CC(C)(NC(=O)OCC3OC(n4ccc(N)nc4=O)C(F)(F)C3O)C2)C/C1=C/C=C1\CCC[C@@]2(C)C1CCC2[C@@H](C)/C=C/C(O)C1CC1. The maximum atomic E-state index is 15.0. The third kappa shape index (κ3) is 10.3. The zero-order valence-electron chi connectivity index (χ0n) is 37.3. The molecule has 0 radical (unpaired) electrons. The van der Waals surface area contributed by atoms with Crippen LogP contribution in [0.2, 0.25) is 0 Å². The predicted molar refractivity (Wildman–Crippen MR) is 230 cm³/mol. The minimum absolute atomic E-state index is 0.159. The number of hydrogen-bond donors (Lipinski definition) is 5. The van der Waals surface area contributed by atoms with E-state index in [1.807, 2.05) is 20.8 Å². The second-order valence-corrected chi connectivity index (χ2v) is 20.9. The average Bonchev–Trinajstić information content (AvgIpc) is 3.93. The first kappa shape index (κ1) is 46.2. The van der Waals surface area contributed by atoms with Crippen LogP contribution < -0.4 is 22.1 Å². The molecular weight excluding hydrogens is 801 g/mol. The lowest BCUT2D eigenvalue weighted by atomic mass is 9.61. The van der Waals surface area contributed by atoms with Gasteiger partial charge in [0.05, 0.1) is 6.10 Å². The lowest BCUT2D eigenvalue weighted by Gasteiger charge is -2.46. The second-order valence-electron chi connectivity index (χ2n) is 20.9. The molecule has 2 heterocycles. The molecule has 1 saturated heterocycles. The molecule has 0 bridgehead atoms. The van der Waals surface area contributed by atoms with Gasteiger partial charge >= 0.3 is 23.8 Å². The van der Waals surface area contributed by atoms with Gasteiger partial charge in [-0.05, 0) is 130 Å². The highest BCUT2D eigenvalue weighted by molar-refractivity contribution is 5.69. The Balaban J connectivity index is 0.911. The van der Waals surface area contributed by atoms with Crippen LogP contribution >= 0.6 is 0 Å². The monoisotopic (exact) mass is 870 g/mol. The molecule has 1 aliphatic heterocycles. The summed E-state index contributed by atoms with van der Waals surface area (Å²) in [5.41, 5.74) is 6.35. The number of rotatable bonds is 11. The number of alkyl halides is 2. The van der Waals surface area contributed by atoms with E-state index in [0.717, 1.165) is 44.4 Å². The number of alkyl carbamates (subject to hydrolysis) is 2. The van der Waals surface area contributed by atoms with Crippen LogP contribution in [0.4, 0.5) is 24.2 Å². The quantitative estimate of drug-likeness (QED) is 0.138. The summed E-state index contributed by atoms with van der Waals surface area (Å²) < 4.78 is 47.3. The summed E-state index contributed by atoms with van der Waals surface area (Å²) in [6, 6.07) is 0.824. The van der Waals surface area contributed by atoms with E-state index >= 15 is 8.78 Å². The number of nitrogens with two attached hydrogens (primary N) is 1. The Morgan fingerprint density at radius 1 is 1.06 bits per heavy atom. The van der Waals surface area contributed by atoms with E-state index in [0.29, 0.717) is 59.8 Å². The van der Waals surface area contributed by atoms with E-state index < -0.39 is 54.4 Å². The van der Waals surface area contributed by atoms with Crippen molar-refractivity contribution >= 4 is 18.0 Å². The van der Waals surface area contributed by atoms with Gasteiger partial charge in [-0.15, -0.1) is 0 Å². The smallest absolute Gasteiger partial charge is 0.407 e. The predicted octanol–water partition coefficient (Wildman–Crippen LogP) is 7.73. The van der Waals surface area contributed by atoms with Crippen LogP contribution in [0.5, 0.6) is 0 Å². The highest BCUT2D eigenvalue weighted by atomic mass is 19.3. The fourth-order valence-electron chi connectivity index (χ4n) is 12.1. The van der Waals surface area contributed by atoms with Gasteiger partial charge in [-0.1, -0.05) is 70.1 Å². The zero-order valence-corrected chi connectivity index (χ0v) is 37.3. The van der Waals surface area contributed by atoms with Crippen LogP contribution in [-0.4, -0.2) is 80.5 Å². The Morgan fingerprint density at radius 2 is 1.81 bits per heavy atom. The van der Waals surface area contributed by atoms with Crippen LogP contribution in [0.1, 0.15) is 131 Å². The van der Waals surface area contributed by atoms with E-state index in [2.05, 4.69) is 60.7 Å². The number of allylic oxidation sites excluding steroid dienone is 4. The molecule has 12 atom stereocenters. The lowest BCUT2D eigenvalue weighted by Crippen LogP contribution is -2.57. The highest BCUT2D eigenvalue weighted by Gasteiger charge is 2.60. The van der Waals surface area contributed by atoms with Crippen LogP contribution in [-0.2, 0) is 14.2 Å². The number of amides is 2. The van der Waals surface area contributed by atoms with Gasteiger partial charge < -0.3 is 40.8 Å². The minimum atomic E-state index is -3.89. The Labute approximate surface area is 364 Å². The molecule has 1 aromatic rings. The van der Waals surface area contributed by atoms with E-state index in [9.17, 15) is 24.6 Å². The normalized spacial score (nSPS) is 37.8. The first-order valence-corrected chi connectivity index (χ1v) is 22.9. The molecule has 7 rings (SSSR count). The molecule has 1 aromatic heterocycles. The van der Waals surface area contributed by atoms with Gasteiger partial charge in [0.2, 0.25) is 6.23 Å². The molecule has 6 N–H and O–H groups in total. The van der Waals surface area contributed by atoms with Gasteiger partial charge in [0.1, 0.15) is 24.6 Å². The standard InChI is InChI=1S/C47H69F2N5O8/c1-27-9-15-33(22-31(27)14-11-29-8-7-20-46(6)34(16-17-35(29)46)28(2)10-18-36(55)30-12-13-30)61-42(58)51-32-23-44(3,4)26-45(5,24-32)53-43(59)60-25-37-39(56)47(48,49)40(62-37)54-21-19-38(50)52-41(54)57/h10-11,14,18-19,21,27-28,30,32-37,39-40,55-56H,7-9,12-13,15-17,20,22-26H2,1-6H3,(H,51,58)(H,53,59)(H2,50,52,57)/b18-10+,29-11+,31-14-/t27?,28-,32?,33-,34?,35?,36?,37?,39?,40?,45?,46+/m0/s1. The fourth-order valence-corrected chi connectivity index (χ4v) is 12.1. The number of ether oxygens (including phenoxy) is 3. The molecule has 9 unspecified atom stereocenters.